The van der Waals surface area contributed by atoms with Gasteiger partial charge in [0.15, 0.2) is 0 Å². The molecule has 23 heavy (non-hydrogen) atoms. The second-order valence-electron chi connectivity index (χ2n) is 5.14. The number of carbonyl (C=O) groups is 2. The maximum Gasteiger partial charge on any atom is 0.296 e. The first-order chi connectivity index (χ1) is 11.0. The Morgan fingerprint density at radius 1 is 1.09 bits per heavy atom. The number of benzene rings is 2. The minimum atomic E-state index is -0.722. The summed E-state index contributed by atoms with van der Waals surface area (Å²) in [5.74, 6) is -1.35. The molecule has 0 saturated carbocycles. The minimum absolute atomic E-state index is 0.298. The van der Waals surface area contributed by atoms with Gasteiger partial charge in [0.25, 0.3) is 11.7 Å². The number of rotatable bonds is 3. The normalized spacial score (nSPS) is 10.7. The highest BCUT2D eigenvalue weighted by Gasteiger charge is 2.20. The predicted octanol–water partition coefficient (Wildman–Crippen LogP) is 4.60. The topological polar surface area (TPSA) is 62.0 Å². The number of fused-ring (bicyclic) bond motifs is 1. The van der Waals surface area contributed by atoms with Crippen molar-refractivity contribution in [2.24, 2.45) is 0 Å². The molecule has 0 aliphatic heterocycles. The van der Waals surface area contributed by atoms with Gasteiger partial charge < -0.3 is 10.3 Å². The summed E-state index contributed by atoms with van der Waals surface area (Å²) in [6, 6.07) is 10.2. The van der Waals surface area contributed by atoms with Crippen LogP contribution >= 0.6 is 23.2 Å². The highest BCUT2D eigenvalue weighted by Crippen LogP contribution is 2.23. The second-order valence-corrected chi connectivity index (χ2v) is 5.98. The van der Waals surface area contributed by atoms with E-state index in [2.05, 4.69) is 10.3 Å². The highest BCUT2D eigenvalue weighted by molar-refractivity contribution is 6.48. The zero-order valence-corrected chi connectivity index (χ0v) is 13.6. The van der Waals surface area contributed by atoms with Crippen molar-refractivity contribution in [2.45, 2.75) is 6.92 Å². The third kappa shape index (κ3) is 3.09. The van der Waals surface area contributed by atoms with Gasteiger partial charge in [-0.1, -0.05) is 35.3 Å². The maximum atomic E-state index is 12.4. The Balaban J connectivity index is 1.86. The Bertz CT molecular complexity index is 931. The number of aromatic nitrogens is 1. The average Bonchev–Trinajstić information content (AvgIpc) is 2.93. The van der Waals surface area contributed by atoms with Crippen LogP contribution < -0.4 is 5.32 Å². The van der Waals surface area contributed by atoms with Gasteiger partial charge in [-0.15, -0.1) is 0 Å². The van der Waals surface area contributed by atoms with Crippen LogP contribution in [0.4, 0.5) is 5.69 Å². The summed E-state index contributed by atoms with van der Waals surface area (Å²) in [6.07, 6.45) is 1.50. The highest BCUT2D eigenvalue weighted by atomic mass is 35.5. The van der Waals surface area contributed by atoms with Crippen LogP contribution in [-0.4, -0.2) is 16.7 Å². The molecule has 2 aromatic carbocycles. The standard InChI is InChI=1S/C17H12Cl2N2O2/c1-9-2-4-11(7-14(9)19)21-17(23)16(22)13-8-20-15-6-10(18)3-5-12(13)15/h2-8,20H,1H3,(H,21,23). The lowest BCUT2D eigenvalue weighted by molar-refractivity contribution is -0.112. The summed E-state index contributed by atoms with van der Waals surface area (Å²) in [5.41, 5.74) is 2.37. The minimum Gasteiger partial charge on any atom is -0.360 e. The first-order valence-electron chi connectivity index (χ1n) is 6.84. The third-order valence-corrected chi connectivity index (χ3v) is 4.17. The van der Waals surface area contributed by atoms with E-state index in [-0.39, 0.29) is 0 Å². The monoisotopic (exact) mass is 346 g/mol. The Kier molecular flexibility index (Phi) is 4.11. The molecule has 4 nitrogen and oxygen atoms in total. The lowest BCUT2D eigenvalue weighted by atomic mass is 10.1. The molecule has 0 bridgehead atoms. The average molecular weight is 347 g/mol. The molecule has 3 rings (SSSR count). The number of carbonyl (C=O) groups excluding carboxylic acids is 2. The number of H-pyrrole nitrogens is 1. The molecule has 1 heterocycles. The molecule has 0 atom stereocenters. The Labute approximate surface area is 142 Å². The van der Waals surface area contributed by atoms with Crippen molar-refractivity contribution in [2.75, 3.05) is 5.32 Å². The van der Waals surface area contributed by atoms with Gasteiger partial charge in [-0.2, -0.15) is 0 Å². The number of anilines is 1. The van der Waals surface area contributed by atoms with Gasteiger partial charge in [-0.25, -0.2) is 0 Å². The van der Waals surface area contributed by atoms with E-state index in [0.29, 0.717) is 32.2 Å². The van der Waals surface area contributed by atoms with E-state index in [9.17, 15) is 9.59 Å². The molecular formula is C17H12Cl2N2O2. The molecule has 1 amide bonds. The number of hydrogen-bond donors (Lipinski definition) is 2. The Morgan fingerprint density at radius 3 is 2.61 bits per heavy atom. The first kappa shape index (κ1) is 15.6. The summed E-state index contributed by atoms with van der Waals surface area (Å²) < 4.78 is 0. The van der Waals surface area contributed by atoms with Gasteiger partial charge in [0.2, 0.25) is 0 Å². The van der Waals surface area contributed by atoms with Crippen molar-refractivity contribution in [3.05, 3.63) is 63.8 Å². The summed E-state index contributed by atoms with van der Waals surface area (Å²) >= 11 is 11.9. The maximum absolute atomic E-state index is 12.4. The van der Waals surface area contributed by atoms with Crippen molar-refractivity contribution < 1.29 is 9.59 Å². The largest absolute Gasteiger partial charge is 0.360 e. The molecule has 0 unspecified atom stereocenters. The summed E-state index contributed by atoms with van der Waals surface area (Å²) in [5, 5.41) is 4.29. The number of hydrogen-bond acceptors (Lipinski definition) is 2. The molecular weight excluding hydrogens is 335 g/mol. The molecule has 0 aliphatic rings. The van der Waals surface area contributed by atoms with Crippen molar-refractivity contribution in [1.82, 2.24) is 4.98 Å². The first-order valence-corrected chi connectivity index (χ1v) is 7.60. The number of amides is 1. The smallest absolute Gasteiger partial charge is 0.296 e. The molecule has 116 valence electrons. The molecule has 0 saturated heterocycles. The van der Waals surface area contributed by atoms with Gasteiger partial charge in [0.05, 0.1) is 5.56 Å². The lowest BCUT2D eigenvalue weighted by Crippen LogP contribution is -2.22. The predicted molar refractivity (Wildman–Crippen MR) is 92.5 cm³/mol. The number of halogens is 2. The second kappa shape index (κ2) is 6.07. The fourth-order valence-corrected chi connectivity index (χ4v) is 2.62. The van der Waals surface area contributed by atoms with Crippen molar-refractivity contribution in [1.29, 1.82) is 0 Å². The number of aromatic amines is 1. The molecule has 3 aromatic rings. The van der Waals surface area contributed by atoms with Gasteiger partial charge in [-0.3, -0.25) is 9.59 Å². The van der Waals surface area contributed by atoms with E-state index < -0.39 is 11.7 Å². The van der Waals surface area contributed by atoms with Gasteiger partial charge >= 0.3 is 0 Å². The summed E-state index contributed by atoms with van der Waals surface area (Å²) in [4.78, 5) is 27.5. The molecule has 6 heteroatoms. The van der Waals surface area contributed by atoms with Crippen molar-refractivity contribution in [3.8, 4) is 0 Å². The van der Waals surface area contributed by atoms with E-state index in [0.717, 1.165) is 5.56 Å². The number of aryl methyl sites for hydroxylation is 1. The molecule has 1 aromatic heterocycles. The number of nitrogens with one attached hydrogen (secondary N) is 2. The third-order valence-electron chi connectivity index (χ3n) is 3.52. The van der Waals surface area contributed by atoms with Gasteiger partial charge in [-0.05, 0) is 36.8 Å². The summed E-state index contributed by atoms with van der Waals surface area (Å²) in [7, 11) is 0. The van der Waals surface area contributed by atoms with Crippen LogP contribution in [0.2, 0.25) is 10.0 Å². The Morgan fingerprint density at radius 2 is 1.87 bits per heavy atom. The van der Waals surface area contributed by atoms with Crippen LogP contribution in [0.5, 0.6) is 0 Å². The van der Waals surface area contributed by atoms with Crippen molar-refractivity contribution >= 4 is 51.5 Å². The summed E-state index contributed by atoms with van der Waals surface area (Å²) in [6.45, 7) is 1.86. The molecule has 0 radical (unpaired) electrons. The van der Waals surface area contributed by atoms with Crippen LogP contribution in [0.25, 0.3) is 10.9 Å². The van der Waals surface area contributed by atoms with E-state index in [1.807, 2.05) is 6.92 Å². The van der Waals surface area contributed by atoms with Crippen LogP contribution in [-0.2, 0) is 4.79 Å². The van der Waals surface area contributed by atoms with E-state index in [4.69, 9.17) is 23.2 Å². The van der Waals surface area contributed by atoms with E-state index in [1.54, 1.807) is 36.4 Å². The molecule has 0 fully saturated rings. The number of Topliss-reactive ketones (excluding diaryl/α,β-unsaturated/α-hetero) is 1. The molecule has 0 aliphatic carbocycles. The number of ketones is 1. The van der Waals surface area contributed by atoms with Crippen molar-refractivity contribution in [3.63, 3.8) is 0 Å². The Hall–Kier alpha value is -2.30. The van der Waals surface area contributed by atoms with Gasteiger partial charge in [0.1, 0.15) is 0 Å². The SMILES string of the molecule is Cc1ccc(NC(=O)C(=O)c2c[nH]c3cc(Cl)ccc23)cc1Cl. The zero-order chi connectivity index (χ0) is 16.6. The van der Waals surface area contributed by atoms with Gasteiger partial charge in [0, 0.05) is 32.8 Å². The van der Waals surface area contributed by atoms with E-state index >= 15 is 0 Å². The van der Waals surface area contributed by atoms with E-state index in [1.165, 1.54) is 6.20 Å². The van der Waals surface area contributed by atoms with Crippen LogP contribution in [0.15, 0.2) is 42.6 Å². The lowest BCUT2D eigenvalue weighted by Gasteiger charge is -2.06. The molecule has 2 N–H and O–H groups in total. The van der Waals surface area contributed by atoms with Crippen LogP contribution in [0.1, 0.15) is 15.9 Å². The fraction of sp³-hybridized carbons (Fsp3) is 0.0588. The quantitative estimate of drug-likeness (QED) is 0.537. The fourth-order valence-electron chi connectivity index (χ4n) is 2.27. The zero-order valence-electron chi connectivity index (χ0n) is 12.1. The molecule has 0 spiro atoms. The van der Waals surface area contributed by atoms with Crippen LogP contribution in [0, 0.1) is 6.92 Å². The van der Waals surface area contributed by atoms with Crippen LogP contribution in [0.3, 0.4) is 0 Å².